The van der Waals surface area contributed by atoms with Gasteiger partial charge in [-0.15, -0.1) is 0 Å². The van der Waals surface area contributed by atoms with Gasteiger partial charge in [-0.2, -0.15) is 0 Å². The van der Waals surface area contributed by atoms with Gasteiger partial charge in [0.25, 0.3) is 0 Å². The third-order valence-corrected chi connectivity index (χ3v) is 16.3. The van der Waals surface area contributed by atoms with Gasteiger partial charge in [-0.25, -0.2) is 0 Å². The van der Waals surface area contributed by atoms with E-state index in [1.807, 2.05) is 6.08 Å². The van der Waals surface area contributed by atoms with Crippen LogP contribution in [0.3, 0.4) is 0 Å². The lowest BCUT2D eigenvalue weighted by molar-refractivity contribution is -0.359. The molecular weight excluding hydrogens is 1010 g/mol. The second kappa shape index (κ2) is 51.6. The molecular formula is C66H123NO13. The number of hydrogen-bond donors (Lipinski definition) is 9. The number of hydrogen-bond acceptors (Lipinski definition) is 13. The number of amides is 1. The fraction of sp³-hybridized carbons (Fsp3) is 0.894. The Kier molecular flexibility index (Phi) is 47.9. The van der Waals surface area contributed by atoms with Crippen LogP contribution in [0.15, 0.2) is 36.5 Å². The summed E-state index contributed by atoms with van der Waals surface area (Å²) in [6.07, 6.45) is 47.7. The quantitative estimate of drug-likeness (QED) is 0.0204. The Morgan fingerprint density at radius 2 is 0.800 bits per heavy atom. The molecule has 0 radical (unpaired) electrons. The van der Waals surface area contributed by atoms with Crippen molar-refractivity contribution in [1.82, 2.24) is 5.32 Å². The van der Waals surface area contributed by atoms with Gasteiger partial charge < -0.3 is 65.1 Å². The van der Waals surface area contributed by atoms with Crippen LogP contribution in [0.2, 0.25) is 0 Å². The van der Waals surface area contributed by atoms with E-state index in [0.717, 1.165) is 32.1 Å². The lowest BCUT2D eigenvalue weighted by atomic mass is 9.97. The highest BCUT2D eigenvalue weighted by atomic mass is 16.7. The number of nitrogens with one attached hydrogen (secondary N) is 1. The minimum atomic E-state index is -1.79. The highest BCUT2D eigenvalue weighted by Gasteiger charge is 2.51. The number of aliphatic hydroxyl groups is 8. The van der Waals surface area contributed by atoms with E-state index in [0.29, 0.717) is 12.8 Å². The van der Waals surface area contributed by atoms with Gasteiger partial charge in [0.05, 0.1) is 32.0 Å². The third kappa shape index (κ3) is 36.1. The maximum absolute atomic E-state index is 13.3. The van der Waals surface area contributed by atoms with E-state index in [-0.39, 0.29) is 18.9 Å². The zero-order chi connectivity index (χ0) is 58.1. The average molecular weight is 1140 g/mol. The maximum atomic E-state index is 13.3. The molecule has 0 aliphatic carbocycles. The molecule has 9 N–H and O–H groups in total. The Morgan fingerprint density at radius 1 is 0.438 bits per heavy atom. The minimum Gasteiger partial charge on any atom is -0.394 e. The first kappa shape index (κ1) is 74.3. The van der Waals surface area contributed by atoms with Crippen molar-refractivity contribution < 1.29 is 64.6 Å². The van der Waals surface area contributed by atoms with Crippen molar-refractivity contribution in [2.24, 2.45) is 0 Å². The van der Waals surface area contributed by atoms with Crippen LogP contribution in [0.25, 0.3) is 0 Å². The van der Waals surface area contributed by atoms with Gasteiger partial charge >= 0.3 is 0 Å². The predicted molar refractivity (Wildman–Crippen MR) is 323 cm³/mol. The number of ether oxygens (including phenoxy) is 4. The SMILES string of the molecule is CCCCCCCCCC/C=C\CCCCCCCCCCCCCCCCCC(=O)NC(COC1OC(CO)C(OC2OC(CO)C(O)C(O)C2O)C(O)C1O)C(O)/C=C/CC/C=C/CCCCCCCCCCCCCCC. The largest absolute Gasteiger partial charge is 0.394 e. The number of aliphatic hydroxyl groups excluding tert-OH is 8. The zero-order valence-electron chi connectivity index (χ0n) is 50.8. The molecule has 2 saturated heterocycles. The summed E-state index contributed by atoms with van der Waals surface area (Å²) in [6, 6.07) is -0.931. The second-order valence-electron chi connectivity index (χ2n) is 23.6. The Bertz CT molecular complexity index is 1480. The Hall–Kier alpha value is -1.79. The highest BCUT2D eigenvalue weighted by molar-refractivity contribution is 5.76. The number of unbranched alkanes of at least 4 members (excludes halogenated alkanes) is 37. The molecule has 80 heavy (non-hydrogen) atoms. The topological polar surface area (TPSA) is 228 Å². The van der Waals surface area contributed by atoms with Crippen LogP contribution in [0.4, 0.5) is 0 Å². The molecule has 0 bridgehead atoms. The first-order chi connectivity index (χ1) is 39.1. The zero-order valence-corrected chi connectivity index (χ0v) is 50.8. The Balaban J connectivity index is 1.71. The normalized spacial score (nSPS) is 24.4. The number of carbonyl (C=O) groups is 1. The summed E-state index contributed by atoms with van der Waals surface area (Å²) < 4.78 is 22.8. The van der Waals surface area contributed by atoms with Crippen molar-refractivity contribution in [3.05, 3.63) is 36.5 Å². The summed E-state index contributed by atoms with van der Waals surface area (Å²) in [7, 11) is 0. The molecule has 2 aliphatic rings. The van der Waals surface area contributed by atoms with E-state index in [4.69, 9.17) is 18.9 Å². The highest BCUT2D eigenvalue weighted by Crippen LogP contribution is 2.30. The summed E-state index contributed by atoms with van der Waals surface area (Å²) in [5.41, 5.74) is 0. The van der Waals surface area contributed by atoms with E-state index in [9.17, 15) is 45.6 Å². The van der Waals surface area contributed by atoms with Crippen molar-refractivity contribution in [3.8, 4) is 0 Å². The Morgan fingerprint density at radius 3 is 1.23 bits per heavy atom. The average Bonchev–Trinajstić information content (AvgIpc) is 3.49. The smallest absolute Gasteiger partial charge is 0.220 e. The molecule has 0 aromatic heterocycles. The van der Waals surface area contributed by atoms with Crippen molar-refractivity contribution in [2.45, 2.75) is 357 Å². The molecule has 470 valence electrons. The molecule has 0 aromatic carbocycles. The van der Waals surface area contributed by atoms with E-state index >= 15 is 0 Å². The van der Waals surface area contributed by atoms with Gasteiger partial charge in [-0.1, -0.05) is 256 Å². The number of carbonyl (C=O) groups excluding carboxylic acids is 1. The maximum Gasteiger partial charge on any atom is 0.220 e. The van der Waals surface area contributed by atoms with Gasteiger partial charge in [0.2, 0.25) is 5.91 Å². The molecule has 0 spiro atoms. The fourth-order valence-corrected chi connectivity index (χ4v) is 11.0. The summed E-state index contributed by atoms with van der Waals surface area (Å²) in [4.78, 5) is 13.3. The number of rotatable bonds is 54. The van der Waals surface area contributed by atoms with Crippen LogP contribution in [-0.4, -0.2) is 140 Å². The van der Waals surface area contributed by atoms with Crippen LogP contribution in [0, 0.1) is 0 Å². The van der Waals surface area contributed by atoms with Crippen molar-refractivity contribution in [2.75, 3.05) is 19.8 Å². The molecule has 12 unspecified atom stereocenters. The van der Waals surface area contributed by atoms with Gasteiger partial charge in [-0.05, 0) is 57.8 Å². The van der Waals surface area contributed by atoms with E-state index in [1.54, 1.807) is 6.08 Å². The van der Waals surface area contributed by atoms with Gasteiger partial charge in [0.15, 0.2) is 12.6 Å². The van der Waals surface area contributed by atoms with E-state index in [1.165, 1.54) is 218 Å². The molecule has 0 aromatic rings. The lowest BCUT2D eigenvalue weighted by Crippen LogP contribution is -2.65. The van der Waals surface area contributed by atoms with Gasteiger partial charge in [0.1, 0.15) is 48.8 Å². The van der Waals surface area contributed by atoms with Crippen LogP contribution in [0.1, 0.15) is 284 Å². The molecule has 12 atom stereocenters. The van der Waals surface area contributed by atoms with Crippen molar-refractivity contribution >= 4 is 5.91 Å². The molecule has 0 saturated carbocycles. The molecule has 2 aliphatic heterocycles. The summed E-state index contributed by atoms with van der Waals surface area (Å²) in [5.74, 6) is -0.245. The number of allylic oxidation sites excluding steroid dienone is 5. The summed E-state index contributed by atoms with van der Waals surface area (Å²) >= 11 is 0. The third-order valence-electron chi connectivity index (χ3n) is 16.3. The van der Waals surface area contributed by atoms with Gasteiger partial charge in [-0.3, -0.25) is 4.79 Å². The molecule has 1 amide bonds. The van der Waals surface area contributed by atoms with Crippen LogP contribution < -0.4 is 5.32 Å². The summed E-state index contributed by atoms with van der Waals surface area (Å²) in [5, 5.41) is 87.3. The molecule has 2 heterocycles. The fourth-order valence-electron chi connectivity index (χ4n) is 11.0. The second-order valence-corrected chi connectivity index (χ2v) is 23.6. The summed E-state index contributed by atoms with van der Waals surface area (Å²) in [6.45, 7) is 2.81. The molecule has 2 rings (SSSR count). The monoisotopic (exact) mass is 1140 g/mol. The van der Waals surface area contributed by atoms with Crippen LogP contribution in [-0.2, 0) is 23.7 Å². The van der Waals surface area contributed by atoms with Crippen molar-refractivity contribution in [3.63, 3.8) is 0 Å². The first-order valence-electron chi connectivity index (χ1n) is 33.2. The van der Waals surface area contributed by atoms with E-state index < -0.39 is 86.8 Å². The molecule has 14 nitrogen and oxygen atoms in total. The van der Waals surface area contributed by atoms with Crippen LogP contribution in [0.5, 0.6) is 0 Å². The minimum absolute atomic E-state index is 0.245. The lowest BCUT2D eigenvalue weighted by Gasteiger charge is -2.46. The molecule has 14 heteroatoms. The standard InChI is InChI=1S/C66H123NO13/c1-3-5-7-9-11-13-15-17-19-21-23-24-25-26-27-28-29-30-32-34-36-38-40-42-44-46-48-50-58(71)67-54(55(70)49-47-45-43-41-39-37-35-33-31-22-20-18-16-14-12-10-8-6-4-2)53-77-65-63(76)61(74)64(57(52-69)79-65)80-66-62(75)60(73)59(72)56(51-68)78-66/h21,23,39,41,47,49,54-57,59-66,68-70,72-76H,3-20,22,24-38,40,42-46,48,50-53H2,1-2H3,(H,67,71)/b23-21-,41-39+,49-47+. The molecule has 2 fully saturated rings. The predicted octanol–water partition coefficient (Wildman–Crippen LogP) is 12.6. The van der Waals surface area contributed by atoms with Gasteiger partial charge in [0, 0.05) is 6.42 Å². The van der Waals surface area contributed by atoms with Crippen LogP contribution >= 0.6 is 0 Å². The first-order valence-corrected chi connectivity index (χ1v) is 33.2. The Labute approximate surface area is 487 Å². The van der Waals surface area contributed by atoms with E-state index in [2.05, 4.69) is 43.5 Å². The van der Waals surface area contributed by atoms with Crippen molar-refractivity contribution in [1.29, 1.82) is 0 Å².